The fourth-order valence-corrected chi connectivity index (χ4v) is 2.36. The average Bonchev–Trinajstić information content (AvgIpc) is 2.88. The van der Waals surface area contributed by atoms with E-state index in [9.17, 15) is 4.79 Å². The van der Waals surface area contributed by atoms with Crippen LogP contribution in [0.25, 0.3) is 0 Å². The van der Waals surface area contributed by atoms with Crippen LogP contribution >= 0.6 is 0 Å². The average molecular weight is 285 g/mol. The Morgan fingerprint density at radius 3 is 2.71 bits per heavy atom. The molecule has 0 saturated heterocycles. The first-order valence-electron chi connectivity index (χ1n) is 7.47. The number of nitrogens with one attached hydrogen (secondary N) is 2. The highest BCUT2D eigenvalue weighted by atomic mass is 16.1. The van der Waals surface area contributed by atoms with E-state index in [1.165, 1.54) is 16.7 Å². The van der Waals surface area contributed by atoms with Crippen molar-refractivity contribution in [3.8, 4) is 0 Å². The molecule has 2 aromatic rings. The fraction of sp³-hybridized carbons (Fsp3) is 0.412. The number of amides is 1. The van der Waals surface area contributed by atoms with Crippen molar-refractivity contribution in [1.29, 1.82) is 0 Å². The molecule has 0 fully saturated rings. The number of hydrogen-bond donors (Lipinski definition) is 2. The number of benzene rings is 1. The molecule has 0 saturated carbocycles. The van der Waals surface area contributed by atoms with E-state index in [4.69, 9.17) is 0 Å². The minimum Gasteiger partial charge on any atom is -0.356 e. The number of hydrogen-bond acceptors (Lipinski definition) is 2. The van der Waals surface area contributed by atoms with Crippen LogP contribution in [0, 0.1) is 13.8 Å². The van der Waals surface area contributed by atoms with Gasteiger partial charge in [-0.1, -0.05) is 24.3 Å². The molecule has 0 aliphatic rings. The summed E-state index contributed by atoms with van der Waals surface area (Å²) in [6.07, 6.45) is 5.10. The predicted molar refractivity (Wildman–Crippen MR) is 84.2 cm³/mol. The van der Waals surface area contributed by atoms with E-state index in [2.05, 4.69) is 34.6 Å². The van der Waals surface area contributed by atoms with Crippen LogP contribution in [0.15, 0.2) is 30.5 Å². The van der Waals surface area contributed by atoms with Crippen LogP contribution in [0.1, 0.15) is 35.2 Å². The summed E-state index contributed by atoms with van der Waals surface area (Å²) >= 11 is 0. The van der Waals surface area contributed by atoms with Gasteiger partial charge in [0, 0.05) is 18.7 Å². The molecule has 0 atom stereocenters. The molecule has 2 rings (SSSR count). The third-order valence-electron chi connectivity index (χ3n) is 3.76. The summed E-state index contributed by atoms with van der Waals surface area (Å²) in [6, 6.07) is 8.22. The molecule has 0 radical (unpaired) electrons. The van der Waals surface area contributed by atoms with Gasteiger partial charge in [0.25, 0.3) is 0 Å². The molecule has 1 amide bonds. The lowest BCUT2D eigenvalue weighted by atomic mass is 10.0. The summed E-state index contributed by atoms with van der Waals surface area (Å²) in [5.74, 6) is 0.127. The lowest BCUT2D eigenvalue weighted by Gasteiger charge is -2.07. The molecule has 112 valence electrons. The van der Waals surface area contributed by atoms with Crippen molar-refractivity contribution in [3.63, 3.8) is 0 Å². The number of carbonyl (C=O) groups excluding carboxylic acids is 1. The lowest BCUT2D eigenvalue weighted by Crippen LogP contribution is -2.25. The number of aromatic amines is 1. The first-order valence-corrected chi connectivity index (χ1v) is 7.47. The Balaban J connectivity index is 1.64. The smallest absolute Gasteiger partial charge is 0.220 e. The zero-order valence-corrected chi connectivity index (χ0v) is 12.8. The van der Waals surface area contributed by atoms with Gasteiger partial charge in [0.15, 0.2) is 0 Å². The molecule has 0 spiro atoms. The summed E-state index contributed by atoms with van der Waals surface area (Å²) in [6.45, 7) is 4.82. The van der Waals surface area contributed by atoms with Crippen LogP contribution in [0.5, 0.6) is 0 Å². The highest BCUT2D eigenvalue weighted by Crippen LogP contribution is 2.09. The maximum Gasteiger partial charge on any atom is 0.220 e. The van der Waals surface area contributed by atoms with E-state index in [-0.39, 0.29) is 5.91 Å². The maximum atomic E-state index is 11.8. The second-order valence-electron chi connectivity index (χ2n) is 5.40. The number of carbonyl (C=O) groups is 1. The topological polar surface area (TPSA) is 57.8 Å². The summed E-state index contributed by atoms with van der Waals surface area (Å²) in [4.78, 5) is 11.8. The minimum absolute atomic E-state index is 0.127. The number of aromatic nitrogens is 2. The van der Waals surface area contributed by atoms with Crippen molar-refractivity contribution in [1.82, 2.24) is 15.5 Å². The molecule has 1 heterocycles. The van der Waals surface area contributed by atoms with E-state index in [1.807, 2.05) is 25.3 Å². The molecular weight excluding hydrogens is 262 g/mol. The van der Waals surface area contributed by atoms with Gasteiger partial charge in [-0.2, -0.15) is 5.10 Å². The normalized spacial score (nSPS) is 10.6. The van der Waals surface area contributed by atoms with Crippen LogP contribution in [-0.4, -0.2) is 22.6 Å². The van der Waals surface area contributed by atoms with Gasteiger partial charge in [0.05, 0.1) is 6.20 Å². The third-order valence-corrected chi connectivity index (χ3v) is 3.76. The predicted octanol–water partition coefficient (Wildman–Crippen LogP) is 2.71. The van der Waals surface area contributed by atoms with Crippen LogP contribution in [0.4, 0.5) is 0 Å². The molecule has 0 bridgehead atoms. The quantitative estimate of drug-likeness (QED) is 0.768. The molecule has 0 unspecified atom stereocenters. The van der Waals surface area contributed by atoms with Crippen molar-refractivity contribution in [2.45, 2.75) is 39.5 Å². The molecule has 0 aliphatic heterocycles. The first-order chi connectivity index (χ1) is 10.2. The second-order valence-corrected chi connectivity index (χ2v) is 5.40. The van der Waals surface area contributed by atoms with Crippen LogP contribution in [-0.2, 0) is 17.6 Å². The van der Waals surface area contributed by atoms with Crippen molar-refractivity contribution in [3.05, 3.63) is 52.8 Å². The minimum atomic E-state index is 0.127. The number of rotatable bonds is 7. The van der Waals surface area contributed by atoms with Gasteiger partial charge >= 0.3 is 0 Å². The number of aryl methyl sites for hydroxylation is 4. The molecule has 4 heteroatoms. The molecule has 2 N–H and O–H groups in total. The standard InChI is InChI=1S/C17H23N3O/c1-13-6-3-4-7-15(13)9-10-17(21)18-11-5-8-16-12-19-20-14(16)2/h3-4,6-7,12H,5,8-11H2,1-2H3,(H,18,21)(H,19,20). The Labute approximate surface area is 126 Å². The monoisotopic (exact) mass is 285 g/mol. The van der Waals surface area contributed by atoms with E-state index in [0.717, 1.165) is 31.5 Å². The van der Waals surface area contributed by atoms with E-state index >= 15 is 0 Å². The Morgan fingerprint density at radius 2 is 2.00 bits per heavy atom. The molecule has 1 aromatic heterocycles. The van der Waals surface area contributed by atoms with Crippen molar-refractivity contribution in [2.75, 3.05) is 6.54 Å². The van der Waals surface area contributed by atoms with Gasteiger partial charge in [-0.25, -0.2) is 0 Å². The lowest BCUT2D eigenvalue weighted by molar-refractivity contribution is -0.121. The summed E-state index contributed by atoms with van der Waals surface area (Å²) in [5, 5.41) is 9.90. The van der Waals surface area contributed by atoms with Crippen molar-refractivity contribution in [2.24, 2.45) is 0 Å². The zero-order chi connectivity index (χ0) is 15.1. The molecule has 0 aliphatic carbocycles. The Bertz CT molecular complexity index is 589. The third kappa shape index (κ3) is 4.74. The number of H-pyrrole nitrogens is 1. The Morgan fingerprint density at radius 1 is 1.19 bits per heavy atom. The SMILES string of the molecule is Cc1ccccc1CCC(=O)NCCCc1cn[nH]c1C. The van der Waals surface area contributed by atoms with Crippen LogP contribution < -0.4 is 5.32 Å². The number of nitrogens with zero attached hydrogens (tertiary/aromatic N) is 1. The maximum absolute atomic E-state index is 11.8. The highest BCUT2D eigenvalue weighted by molar-refractivity contribution is 5.76. The van der Waals surface area contributed by atoms with Gasteiger partial charge < -0.3 is 5.32 Å². The van der Waals surface area contributed by atoms with E-state index in [1.54, 1.807) is 0 Å². The van der Waals surface area contributed by atoms with Gasteiger partial charge in [-0.3, -0.25) is 9.89 Å². The Kier molecular flexibility index (Phi) is 5.55. The summed E-state index contributed by atoms with van der Waals surface area (Å²) in [5.41, 5.74) is 4.84. The largest absolute Gasteiger partial charge is 0.356 e. The van der Waals surface area contributed by atoms with Gasteiger partial charge in [0.1, 0.15) is 0 Å². The van der Waals surface area contributed by atoms with Gasteiger partial charge in [0.2, 0.25) is 5.91 Å². The molecule has 21 heavy (non-hydrogen) atoms. The van der Waals surface area contributed by atoms with Crippen LogP contribution in [0.2, 0.25) is 0 Å². The van der Waals surface area contributed by atoms with Crippen molar-refractivity contribution < 1.29 is 4.79 Å². The highest BCUT2D eigenvalue weighted by Gasteiger charge is 2.04. The van der Waals surface area contributed by atoms with Gasteiger partial charge in [-0.15, -0.1) is 0 Å². The molecule has 1 aromatic carbocycles. The fourth-order valence-electron chi connectivity index (χ4n) is 2.36. The van der Waals surface area contributed by atoms with E-state index < -0.39 is 0 Å². The zero-order valence-electron chi connectivity index (χ0n) is 12.8. The molecular formula is C17H23N3O. The second kappa shape index (κ2) is 7.62. The van der Waals surface area contributed by atoms with E-state index in [0.29, 0.717) is 6.42 Å². The first kappa shape index (κ1) is 15.3. The van der Waals surface area contributed by atoms with Crippen molar-refractivity contribution >= 4 is 5.91 Å². The van der Waals surface area contributed by atoms with Gasteiger partial charge in [-0.05, 0) is 49.8 Å². The summed E-state index contributed by atoms with van der Waals surface area (Å²) < 4.78 is 0. The Hall–Kier alpha value is -2.10. The van der Waals surface area contributed by atoms with Crippen LogP contribution in [0.3, 0.4) is 0 Å². The molecule has 4 nitrogen and oxygen atoms in total. The summed E-state index contributed by atoms with van der Waals surface area (Å²) in [7, 11) is 0.